The lowest BCUT2D eigenvalue weighted by atomic mass is 10.1. The van der Waals surface area contributed by atoms with Crippen molar-refractivity contribution >= 4 is 28.6 Å². The van der Waals surface area contributed by atoms with Gasteiger partial charge < -0.3 is 24.1 Å². The predicted molar refractivity (Wildman–Crippen MR) is 127 cm³/mol. The second kappa shape index (κ2) is 13.4. The van der Waals surface area contributed by atoms with Gasteiger partial charge in [-0.25, -0.2) is 4.79 Å². The van der Waals surface area contributed by atoms with E-state index in [1.807, 2.05) is 22.6 Å². The maximum Gasteiger partial charge on any atom is 0.573 e. The molecular formula is C24H19F6IO6. The van der Waals surface area contributed by atoms with Gasteiger partial charge in [0.05, 0.1) is 9.13 Å². The molecule has 0 aliphatic heterocycles. The molecule has 0 saturated carbocycles. The topological polar surface area (TPSA) is 74.2 Å². The highest BCUT2D eigenvalue weighted by atomic mass is 127. The van der Waals surface area contributed by atoms with Crippen molar-refractivity contribution in [3.05, 3.63) is 63.2 Å². The predicted octanol–water partition coefficient (Wildman–Crippen LogP) is 6.11. The summed E-state index contributed by atoms with van der Waals surface area (Å²) < 4.78 is 93.8. The minimum absolute atomic E-state index is 0.0466. The molecule has 0 fully saturated rings. The molecule has 37 heavy (non-hydrogen) atoms. The first-order chi connectivity index (χ1) is 17.3. The Hall–Kier alpha value is -3.12. The van der Waals surface area contributed by atoms with Crippen LogP contribution in [0.5, 0.6) is 17.2 Å². The van der Waals surface area contributed by atoms with Gasteiger partial charge in [-0.2, -0.15) is 0 Å². The van der Waals surface area contributed by atoms with E-state index < -0.39 is 36.3 Å². The minimum Gasteiger partial charge on any atom is -0.488 e. The maximum atomic E-state index is 12.6. The van der Waals surface area contributed by atoms with Crippen molar-refractivity contribution in [1.82, 2.24) is 0 Å². The molecule has 1 N–H and O–H groups in total. The molecule has 0 amide bonds. The molecular weight excluding hydrogens is 625 g/mol. The van der Waals surface area contributed by atoms with Gasteiger partial charge >= 0.3 is 18.7 Å². The number of ether oxygens (including phenoxy) is 4. The van der Waals surface area contributed by atoms with E-state index in [4.69, 9.17) is 9.47 Å². The summed E-state index contributed by atoms with van der Waals surface area (Å²) >= 11 is 2.02. The van der Waals surface area contributed by atoms with Crippen molar-refractivity contribution in [2.75, 3.05) is 13.2 Å². The molecule has 0 radical (unpaired) electrons. The van der Waals surface area contributed by atoms with E-state index in [1.165, 1.54) is 12.2 Å². The second-order valence-electron chi connectivity index (χ2n) is 6.99. The molecule has 0 aromatic heterocycles. The van der Waals surface area contributed by atoms with Crippen LogP contribution in [0.1, 0.15) is 18.1 Å². The van der Waals surface area contributed by atoms with Gasteiger partial charge in [-0.3, -0.25) is 0 Å². The van der Waals surface area contributed by atoms with Crippen LogP contribution >= 0.6 is 22.6 Å². The Kier molecular flexibility index (Phi) is 10.9. The summed E-state index contributed by atoms with van der Waals surface area (Å²) in [4.78, 5) is 11.2. The highest BCUT2D eigenvalue weighted by molar-refractivity contribution is 14.1. The van der Waals surface area contributed by atoms with Gasteiger partial charge in [0.1, 0.15) is 23.9 Å². The first-order valence-corrected chi connectivity index (χ1v) is 11.4. The van der Waals surface area contributed by atoms with Crippen LogP contribution in [0.4, 0.5) is 26.3 Å². The zero-order valence-corrected chi connectivity index (χ0v) is 21.1. The Morgan fingerprint density at radius 2 is 1.76 bits per heavy atom. The fraction of sp³-hybridized carbons (Fsp3) is 0.292. The number of halogens is 7. The van der Waals surface area contributed by atoms with Crippen molar-refractivity contribution in [2.24, 2.45) is 0 Å². The largest absolute Gasteiger partial charge is 0.573 e. The number of allylic oxidation sites excluding steroid dienone is 1. The number of rotatable bonds is 10. The quantitative estimate of drug-likeness (QED) is 0.191. The SMILES string of the molecule is CCO[C@@H](Cc1ccc(OC/C=C\C#Cc2ccc(OC(F)(F)F)cc2OC(F)(F)F)c(I)c1)C(=O)O. The van der Waals surface area contributed by atoms with E-state index in [9.17, 15) is 36.2 Å². The van der Waals surface area contributed by atoms with Gasteiger partial charge in [-0.1, -0.05) is 17.9 Å². The molecule has 0 aliphatic carbocycles. The lowest BCUT2D eigenvalue weighted by Crippen LogP contribution is -2.26. The Labute approximate surface area is 221 Å². The average Bonchev–Trinajstić information content (AvgIpc) is 2.76. The van der Waals surface area contributed by atoms with E-state index in [0.29, 0.717) is 15.4 Å². The summed E-state index contributed by atoms with van der Waals surface area (Å²) in [7, 11) is 0. The van der Waals surface area contributed by atoms with Gasteiger partial charge in [-0.15, -0.1) is 26.3 Å². The van der Waals surface area contributed by atoms with Gasteiger partial charge in [0.15, 0.2) is 6.10 Å². The molecule has 0 aliphatic rings. The Morgan fingerprint density at radius 3 is 2.35 bits per heavy atom. The first-order valence-electron chi connectivity index (χ1n) is 10.3. The third-order valence-electron chi connectivity index (χ3n) is 4.22. The van der Waals surface area contributed by atoms with Crippen molar-refractivity contribution < 1.29 is 55.2 Å². The fourth-order valence-electron chi connectivity index (χ4n) is 2.80. The maximum absolute atomic E-state index is 12.6. The molecule has 6 nitrogen and oxygen atoms in total. The molecule has 2 aromatic rings. The molecule has 0 bridgehead atoms. The van der Waals surface area contributed by atoms with Crippen molar-refractivity contribution in [1.29, 1.82) is 0 Å². The van der Waals surface area contributed by atoms with Crippen LogP contribution in [0.25, 0.3) is 0 Å². The molecule has 0 spiro atoms. The Bertz CT molecular complexity index is 1170. The molecule has 200 valence electrons. The molecule has 13 heteroatoms. The second-order valence-corrected chi connectivity index (χ2v) is 8.15. The van der Waals surface area contributed by atoms with E-state index in [2.05, 4.69) is 21.3 Å². The summed E-state index contributed by atoms with van der Waals surface area (Å²) in [5.41, 5.74) is 0.428. The zero-order valence-electron chi connectivity index (χ0n) is 19.0. The number of carbonyl (C=O) groups is 1. The van der Waals surface area contributed by atoms with Crippen molar-refractivity contribution in [2.45, 2.75) is 32.2 Å². The van der Waals surface area contributed by atoms with Crippen LogP contribution in [0.3, 0.4) is 0 Å². The van der Waals surface area contributed by atoms with Gasteiger partial charge in [0.25, 0.3) is 0 Å². The Morgan fingerprint density at radius 1 is 1.05 bits per heavy atom. The summed E-state index contributed by atoms with van der Waals surface area (Å²) in [5, 5.41) is 9.19. The lowest BCUT2D eigenvalue weighted by molar-refractivity contribution is -0.276. The fourth-order valence-corrected chi connectivity index (χ4v) is 3.53. The normalized spacial score (nSPS) is 12.5. The summed E-state index contributed by atoms with van der Waals surface area (Å²) in [6.45, 7) is 2.01. The number of carboxylic acids is 1. The van der Waals surface area contributed by atoms with Crippen LogP contribution in [-0.2, 0) is 16.0 Å². The van der Waals surface area contributed by atoms with Crippen molar-refractivity contribution in [3.63, 3.8) is 0 Å². The van der Waals surface area contributed by atoms with Gasteiger partial charge in [0, 0.05) is 19.1 Å². The van der Waals surface area contributed by atoms with E-state index in [-0.39, 0.29) is 25.2 Å². The van der Waals surface area contributed by atoms with Crippen LogP contribution in [-0.4, -0.2) is 43.1 Å². The molecule has 2 aromatic carbocycles. The Balaban J connectivity index is 2.03. The first kappa shape index (κ1) is 30.1. The van der Waals surface area contributed by atoms with Crippen molar-refractivity contribution in [3.8, 4) is 29.1 Å². The average molecular weight is 644 g/mol. The smallest absolute Gasteiger partial charge is 0.488 e. The number of alkyl halides is 6. The standard InChI is InChI=1S/C24H19F6IO6/c1-2-34-21(22(32)33)13-15-7-10-19(18(31)12-15)35-11-5-3-4-6-16-8-9-17(36-23(25,26)27)14-20(16)37-24(28,29)30/h3,5,7-10,12,14,21H,2,11,13H2,1H3,(H,32,33)/b5-3-/t21-/m0/s1. The summed E-state index contributed by atoms with van der Waals surface area (Å²) in [6.07, 6.45) is -8.27. The van der Waals surface area contributed by atoms with Gasteiger partial charge in [0.2, 0.25) is 0 Å². The molecule has 0 heterocycles. The number of carboxylic acid groups (broad SMARTS) is 1. The number of hydrogen-bond donors (Lipinski definition) is 1. The molecule has 2 rings (SSSR count). The highest BCUT2D eigenvalue weighted by Gasteiger charge is 2.34. The third-order valence-corrected chi connectivity index (χ3v) is 5.06. The molecule has 0 saturated heterocycles. The molecule has 0 unspecified atom stereocenters. The van der Waals surface area contributed by atoms with Crippen LogP contribution in [0, 0.1) is 15.4 Å². The van der Waals surface area contributed by atoms with E-state index in [0.717, 1.165) is 17.7 Å². The number of benzene rings is 2. The van der Waals surface area contributed by atoms with Crippen LogP contribution < -0.4 is 14.2 Å². The zero-order chi connectivity index (χ0) is 27.6. The third kappa shape index (κ3) is 11.2. The summed E-state index contributed by atoms with van der Waals surface area (Å²) in [6, 6.07) is 7.27. The van der Waals surface area contributed by atoms with E-state index in [1.54, 1.807) is 25.1 Å². The van der Waals surface area contributed by atoms with Gasteiger partial charge in [-0.05, 0) is 71.5 Å². The summed E-state index contributed by atoms with van der Waals surface area (Å²) in [5.74, 6) is 2.43. The molecule has 1 atom stereocenters. The number of aliphatic carboxylic acids is 1. The minimum atomic E-state index is -5.15. The highest BCUT2D eigenvalue weighted by Crippen LogP contribution is 2.32. The van der Waals surface area contributed by atoms with Crippen LogP contribution in [0.15, 0.2) is 48.6 Å². The van der Waals surface area contributed by atoms with Crippen LogP contribution in [0.2, 0.25) is 0 Å². The number of hydrogen-bond acceptors (Lipinski definition) is 5. The lowest BCUT2D eigenvalue weighted by Gasteiger charge is -2.13. The monoisotopic (exact) mass is 644 g/mol. The van der Waals surface area contributed by atoms with E-state index >= 15 is 0 Å².